The Morgan fingerprint density at radius 2 is 1.77 bits per heavy atom. The molecule has 31 heavy (non-hydrogen) atoms. The van der Waals surface area contributed by atoms with Crippen molar-refractivity contribution >= 4 is 0 Å². The summed E-state index contributed by atoms with van der Waals surface area (Å²) in [6.45, 7) is 19.2. The smallest absolute Gasteiger partial charge is 0.119 e. The third-order valence-corrected chi connectivity index (χ3v) is 7.39. The molecule has 3 nitrogen and oxygen atoms in total. The highest BCUT2D eigenvalue weighted by atomic mass is 16.5. The lowest BCUT2D eigenvalue weighted by Gasteiger charge is -2.36. The molecular formula is C28H48N2O. The fourth-order valence-electron chi connectivity index (χ4n) is 4.95. The van der Waals surface area contributed by atoms with E-state index >= 15 is 0 Å². The van der Waals surface area contributed by atoms with Crippen molar-refractivity contribution in [2.45, 2.75) is 92.7 Å². The normalized spacial score (nSPS) is 17.5. The van der Waals surface area contributed by atoms with E-state index in [1.54, 1.807) is 11.1 Å². The van der Waals surface area contributed by atoms with Crippen LogP contribution >= 0.6 is 0 Å². The Morgan fingerprint density at radius 1 is 1.10 bits per heavy atom. The lowest BCUT2D eigenvalue weighted by atomic mass is 9.71. The van der Waals surface area contributed by atoms with Gasteiger partial charge in [0.15, 0.2) is 0 Å². The summed E-state index contributed by atoms with van der Waals surface area (Å²) in [5, 5.41) is 0. The van der Waals surface area contributed by atoms with Crippen LogP contribution in [0.3, 0.4) is 0 Å². The molecule has 0 aromatic heterocycles. The predicted molar refractivity (Wildman–Crippen MR) is 135 cm³/mol. The molecule has 1 aromatic rings. The minimum absolute atomic E-state index is 0.391. The van der Waals surface area contributed by atoms with E-state index in [-0.39, 0.29) is 0 Å². The van der Waals surface area contributed by atoms with Crippen LogP contribution in [0, 0.1) is 5.41 Å². The average molecular weight is 429 g/mol. The van der Waals surface area contributed by atoms with Gasteiger partial charge in [0.25, 0.3) is 0 Å². The monoisotopic (exact) mass is 428 g/mol. The van der Waals surface area contributed by atoms with Gasteiger partial charge in [-0.3, -0.25) is 4.90 Å². The van der Waals surface area contributed by atoms with Crippen molar-refractivity contribution in [1.82, 2.24) is 9.80 Å². The molecule has 0 fully saturated rings. The lowest BCUT2D eigenvalue weighted by Crippen LogP contribution is -2.29. The molecule has 1 unspecified atom stereocenters. The third-order valence-electron chi connectivity index (χ3n) is 7.39. The second kappa shape index (κ2) is 12.6. The van der Waals surface area contributed by atoms with Crippen molar-refractivity contribution in [2.24, 2.45) is 5.41 Å². The molecule has 0 amide bonds. The van der Waals surface area contributed by atoms with Crippen LogP contribution in [0.25, 0.3) is 0 Å². The van der Waals surface area contributed by atoms with E-state index in [1.807, 2.05) is 0 Å². The highest BCUT2D eigenvalue weighted by Crippen LogP contribution is 2.42. The van der Waals surface area contributed by atoms with Gasteiger partial charge in [0, 0.05) is 19.1 Å². The van der Waals surface area contributed by atoms with Gasteiger partial charge in [-0.05, 0) is 95.6 Å². The van der Waals surface area contributed by atoms with E-state index in [4.69, 9.17) is 4.74 Å². The molecule has 2 rings (SSSR count). The Bertz CT molecular complexity index is 673. The largest absolute Gasteiger partial charge is 0.494 e. The first-order valence-electron chi connectivity index (χ1n) is 12.6. The zero-order valence-electron chi connectivity index (χ0n) is 21.5. The van der Waals surface area contributed by atoms with Crippen molar-refractivity contribution in [2.75, 3.05) is 33.3 Å². The van der Waals surface area contributed by atoms with Crippen LogP contribution in [0.1, 0.15) is 85.6 Å². The number of rotatable bonds is 13. The molecule has 1 aliphatic carbocycles. The first-order chi connectivity index (χ1) is 14.8. The predicted octanol–water partition coefficient (Wildman–Crippen LogP) is 6.92. The van der Waals surface area contributed by atoms with Crippen molar-refractivity contribution in [3.63, 3.8) is 0 Å². The second-order valence-corrected chi connectivity index (χ2v) is 10.2. The van der Waals surface area contributed by atoms with E-state index in [2.05, 4.69) is 82.7 Å². The number of hydrogen-bond acceptors (Lipinski definition) is 3. The number of ether oxygens (including phenoxy) is 1. The summed E-state index contributed by atoms with van der Waals surface area (Å²) in [5.41, 5.74) is 5.13. The van der Waals surface area contributed by atoms with Crippen LogP contribution in [0.15, 0.2) is 35.4 Å². The van der Waals surface area contributed by atoms with Crippen LogP contribution in [0.2, 0.25) is 0 Å². The molecule has 176 valence electrons. The van der Waals surface area contributed by atoms with Crippen molar-refractivity contribution in [1.29, 1.82) is 0 Å². The average Bonchev–Trinajstić information content (AvgIpc) is 2.74. The first-order valence-corrected chi connectivity index (χ1v) is 12.6. The van der Waals surface area contributed by atoms with Crippen molar-refractivity contribution in [3.05, 3.63) is 41.0 Å². The van der Waals surface area contributed by atoms with Crippen LogP contribution in [-0.2, 0) is 6.54 Å². The number of allylic oxidation sites excluding steroid dienone is 2. The maximum absolute atomic E-state index is 5.94. The molecule has 1 aromatic carbocycles. The van der Waals surface area contributed by atoms with Crippen LogP contribution < -0.4 is 4.74 Å². The fourth-order valence-corrected chi connectivity index (χ4v) is 4.95. The summed E-state index contributed by atoms with van der Waals surface area (Å²) < 4.78 is 5.94. The molecule has 0 bridgehead atoms. The van der Waals surface area contributed by atoms with E-state index < -0.39 is 0 Å². The minimum Gasteiger partial charge on any atom is -0.494 e. The van der Waals surface area contributed by atoms with Crippen LogP contribution in [0.5, 0.6) is 5.75 Å². The quantitative estimate of drug-likeness (QED) is 0.250. The maximum Gasteiger partial charge on any atom is 0.119 e. The molecule has 0 radical (unpaired) electrons. The molecule has 0 aliphatic heterocycles. The summed E-state index contributed by atoms with van der Waals surface area (Å²) in [7, 11) is 2.26. The third kappa shape index (κ3) is 8.27. The summed E-state index contributed by atoms with van der Waals surface area (Å²) >= 11 is 0. The Labute approximate surface area is 192 Å². The summed E-state index contributed by atoms with van der Waals surface area (Å²) in [6.07, 6.45) is 7.55. The Hall–Kier alpha value is -1.32. The SMILES string of the molecule is CCN(CC)CCCOc1ccc(CN(C)C(C)CCC2=C(C)CCCC2(C)C)cc1. The Morgan fingerprint density at radius 3 is 2.39 bits per heavy atom. The van der Waals surface area contributed by atoms with Gasteiger partial charge in [-0.1, -0.05) is 51.0 Å². The minimum atomic E-state index is 0.391. The molecule has 0 heterocycles. The lowest BCUT2D eigenvalue weighted by molar-refractivity contribution is 0.232. The van der Waals surface area contributed by atoms with Gasteiger partial charge < -0.3 is 9.64 Å². The zero-order valence-corrected chi connectivity index (χ0v) is 21.5. The molecule has 1 atom stereocenters. The van der Waals surface area contributed by atoms with Crippen LogP contribution in [-0.4, -0.2) is 49.1 Å². The summed E-state index contributed by atoms with van der Waals surface area (Å²) in [5.74, 6) is 0.987. The van der Waals surface area contributed by atoms with Gasteiger partial charge in [-0.25, -0.2) is 0 Å². The van der Waals surface area contributed by atoms with E-state index in [0.717, 1.165) is 45.0 Å². The first kappa shape index (κ1) is 25.9. The van der Waals surface area contributed by atoms with Gasteiger partial charge in [0.2, 0.25) is 0 Å². The molecule has 1 aliphatic rings. The Kier molecular flexibility index (Phi) is 10.6. The van der Waals surface area contributed by atoms with Gasteiger partial charge in [0.05, 0.1) is 6.61 Å². The van der Waals surface area contributed by atoms with Crippen LogP contribution in [0.4, 0.5) is 0 Å². The highest BCUT2D eigenvalue weighted by Gasteiger charge is 2.28. The Balaban J connectivity index is 1.76. The topological polar surface area (TPSA) is 15.7 Å². The molecular weight excluding hydrogens is 380 g/mol. The van der Waals surface area contributed by atoms with Gasteiger partial charge >= 0.3 is 0 Å². The van der Waals surface area contributed by atoms with Gasteiger partial charge in [-0.15, -0.1) is 0 Å². The number of nitrogens with zero attached hydrogens (tertiary/aromatic N) is 2. The van der Waals surface area contributed by atoms with E-state index in [9.17, 15) is 0 Å². The van der Waals surface area contributed by atoms with E-state index in [0.29, 0.717) is 11.5 Å². The molecule has 0 saturated carbocycles. The molecule has 0 saturated heterocycles. The fraction of sp³-hybridized carbons (Fsp3) is 0.714. The van der Waals surface area contributed by atoms with Crippen molar-refractivity contribution < 1.29 is 4.74 Å². The summed E-state index contributed by atoms with van der Waals surface area (Å²) in [4.78, 5) is 4.93. The number of benzene rings is 1. The standard InChI is InChI=1S/C28H48N2O/c1-8-30(9-2)20-11-21-31-26-16-14-25(15-17-26)22-29(7)24(4)13-18-27-23(3)12-10-19-28(27,5)6/h14-17,24H,8-13,18-22H2,1-7H3. The van der Waals surface area contributed by atoms with Gasteiger partial charge in [-0.2, -0.15) is 0 Å². The van der Waals surface area contributed by atoms with Crippen molar-refractivity contribution in [3.8, 4) is 5.75 Å². The number of hydrogen-bond donors (Lipinski definition) is 0. The highest BCUT2D eigenvalue weighted by molar-refractivity contribution is 5.27. The molecule has 3 heteroatoms. The van der Waals surface area contributed by atoms with E-state index in [1.165, 1.54) is 37.7 Å². The zero-order chi connectivity index (χ0) is 22.9. The maximum atomic E-state index is 5.94. The summed E-state index contributed by atoms with van der Waals surface area (Å²) in [6, 6.07) is 9.28. The van der Waals surface area contributed by atoms with Gasteiger partial charge in [0.1, 0.15) is 5.75 Å². The second-order valence-electron chi connectivity index (χ2n) is 10.2. The molecule has 0 spiro atoms. The molecule has 0 N–H and O–H groups in total.